The molecular formula is C22H26N2O. The Balaban J connectivity index is 1.72. The van der Waals surface area contributed by atoms with Gasteiger partial charge in [-0.05, 0) is 56.6 Å². The van der Waals surface area contributed by atoms with Gasteiger partial charge in [-0.1, -0.05) is 32.0 Å². The van der Waals surface area contributed by atoms with E-state index in [2.05, 4.69) is 56.5 Å². The highest BCUT2D eigenvalue weighted by atomic mass is 16.1. The predicted octanol–water partition coefficient (Wildman–Crippen LogP) is 4.45. The SMILES string of the molecule is Cc1ccccc1-n1c(C)nc2c1CC[C@@]13CC1(C)C(=O)CC[C@]23C. The largest absolute Gasteiger partial charge is 0.300 e. The van der Waals surface area contributed by atoms with Crippen LogP contribution in [0.2, 0.25) is 0 Å². The van der Waals surface area contributed by atoms with Gasteiger partial charge in [0.1, 0.15) is 11.6 Å². The van der Waals surface area contributed by atoms with Crippen LogP contribution in [0.1, 0.15) is 62.3 Å². The number of rotatable bonds is 1. The van der Waals surface area contributed by atoms with Gasteiger partial charge in [0, 0.05) is 28.6 Å². The van der Waals surface area contributed by atoms with Crippen LogP contribution in [-0.4, -0.2) is 15.3 Å². The first-order valence-corrected chi connectivity index (χ1v) is 9.52. The molecule has 1 heterocycles. The number of para-hydroxylation sites is 1. The number of aryl methyl sites for hydroxylation is 2. The van der Waals surface area contributed by atoms with E-state index in [-0.39, 0.29) is 16.2 Å². The molecule has 0 amide bonds. The van der Waals surface area contributed by atoms with Crippen molar-refractivity contribution in [2.45, 2.75) is 65.2 Å². The Kier molecular flexibility index (Phi) is 2.73. The average Bonchev–Trinajstić information content (AvgIpc) is 3.08. The van der Waals surface area contributed by atoms with E-state index in [0.29, 0.717) is 12.2 Å². The number of ketones is 1. The van der Waals surface area contributed by atoms with Crippen molar-refractivity contribution in [2.75, 3.05) is 0 Å². The van der Waals surface area contributed by atoms with Gasteiger partial charge in [-0.25, -0.2) is 4.98 Å². The van der Waals surface area contributed by atoms with Gasteiger partial charge in [-0.2, -0.15) is 0 Å². The van der Waals surface area contributed by atoms with Crippen LogP contribution in [0.15, 0.2) is 24.3 Å². The van der Waals surface area contributed by atoms with Gasteiger partial charge in [-0.3, -0.25) is 4.79 Å². The number of imidazole rings is 1. The minimum absolute atomic E-state index is 0.0436. The zero-order valence-corrected chi connectivity index (χ0v) is 15.6. The third kappa shape index (κ3) is 1.58. The maximum Gasteiger partial charge on any atom is 0.139 e. The van der Waals surface area contributed by atoms with E-state index in [1.54, 1.807) is 0 Å². The first kappa shape index (κ1) is 15.4. The number of nitrogens with zero attached hydrogens (tertiary/aromatic N) is 2. The molecule has 1 aromatic carbocycles. The topological polar surface area (TPSA) is 34.9 Å². The Morgan fingerprint density at radius 2 is 1.80 bits per heavy atom. The number of fused-ring (bicyclic) bond motifs is 2. The molecule has 1 aromatic heterocycles. The van der Waals surface area contributed by atoms with E-state index in [0.717, 1.165) is 31.5 Å². The molecular weight excluding hydrogens is 308 g/mol. The van der Waals surface area contributed by atoms with Gasteiger partial charge in [0.15, 0.2) is 0 Å². The molecule has 1 unspecified atom stereocenters. The Morgan fingerprint density at radius 1 is 1.04 bits per heavy atom. The van der Waals surface area contributed by atoms with Crippen LogP contribution in [0.5, 0.6) is 0 Å². The molecule has 130 valence electrons. The Morgan fingerprint density at radius 3 is 2.56 bits per heavy atom. The van der Waals surface area contributed by atoms with Crippen molar-refractivity contribution >= 4 is 5.78 Å². The van der Waals surface area contributed by atoms with E-state index in [9.17, 15) is 4.79 Å². The summed E-state index contributed by atoms with van der Waals surface area (Å²) in [6.07, 6.45) is 4.88. The summed E-state index contributed by atoms with van der Waals surface area (Å²) in [5.74, 6) is 1.57. The van der Waals surface area contributed by atoms with Crippen molar-refractivity contribution in [3.8, 4) is 5.69 Å². The molecule has 0 N–H and O–H groups in total. The molecule has 1 spiro atoms. The summed E-state index contributed by atoms with van der Waals surface area (Å²) in [5, 5.41) is 0. The lowest BCUT2D eigenvalue weighted by Crippen LogP contribution is -2.47. The Hall–Kier alpha value is -1.90. The smallest absolute Gasteiger partial charge is 0.139 e. The fraction of sp³-hybridized carbons (Fsp3) is 0.545. The van der Waals surface area contributed by atoms with Crippen LogP contribution in [0, 0.1) is 24.7 Å². The van der Waals surface area contributed by atoms with Crippen LogP contribution in [0.3, 0.4) is 0 Å². The predicted molar refractivity (Wildman–Crippen MR) is 98.1 cm³/mol. The van der Waals surface area contributed by atoms with E-state index >= 15 is 0 Å². The van der Waals surface area contributed by atoms with Gasteiger partial charge in [0.2, 0.25) is 0 Å². The summed E-state index contributed by atoms with van der Waals surface area (Å²) in [5.41, 5.74) is 5.28. The summed E-state index contributed by atoms with van der Waals surface area (Å²) in [4.78, 5) is 17.7. The molecule has 5 rings (SSSR count). The summed E-state index contributed by atoms with van der Waals surface area (Å²) < 4.78 is 2.37. The van der Waals surface area contributed by atoms with E-state index in [1.807, 2.05) is 0 Å². The standard InChI is InChI=1S/C22H26N2O/c1-14-7-5-6-8-16(14)24-15(2)23-19-17(24)9-12-22-13-21(22,4)18(25)10-11-20(19,22)3/h5-8H,9-13H2,1-4H3/t20-,21?,22+/m1/s1. The quantitative estimate of drug-likeness (QED) is 0.772. The molecule has 3 aliphatic rings. The van der Waals surface area contributed by atoms with Gasteiger partial charge in [0.25, 0.3) is 0 Å². The summed E-state index contributed by atoms with van der Waals surface area (Å²) >= 11 is 0. The molecule has 0 bridgehead atoms. The minimum Gasteiger partial charge on any atom is -0.300 e. The summed E-state index contributed by atoms with van der Waals surface area (Å²) in [7, 11) is 0. The lowest BCUT2D eigenvalue weighted by Gasteiger charge is -2.47. The summed E-state index contributed by atoms with van der Waals surface area (Å²) in [6.45, 7) is 8.89. The zero-order valence-electron chi connectivity index (χ0n) is 15.6. The van der Waals surface area contributed by atoms with Crippen LogP contribution in [0.4, 0.5) is 0 Å². The molecule has 0 saturated heterocycles. The van der Waals surface area contributed by atoms with Crippen molar-refractivity contribution < 1.29 is 4.79 Å². The number of aromatic nitrogens is 2. The third-order valence-corrected chi connectivity index (χ3v) is 7.92. The Bertz CT molecular complexity index is 926. The molecule has 3 atom stereocenters. The first-order chi connectivity index (χ1) is 11.8. The normalized spacial score (nSPS) is 35.8. The maximum atomic E-state index is 12.6. The van der Waals surface area contributed by atoms with E-state index in [4.69, 9.17) is 4.98 Å². The third-order valence-electron chi connectivity index (χ3n) is 7.92. The number of carbonyl (C=O) groups excluding carboxylic acids is 1. The number of hydrogen-bond donors (Lipinski definition) is 0. The number of benzene rings is 1. The second-order valence-corrected chi connectivity index (χ2v) is 8.92. The number of hydrogen-bond acceptors (Lipinski definition) is 2. The lowest BCUT2D eigenvalue weighted by atomic mass is 9.56. The number of Topliss-reactive ketones (excluding diaryl/α,β-unsaturated/α-hetero) is 1. The highest BCUT2D eigenvalue weighted by Gasteiger charge is 2.78. The Labute approximate surface area is 149 Å². The van der Waals surface area contributed by atoms with E-state index in [1.165, 1.54) is 22.6 Å². The van der Waals surface area contributed by atoms with Crippen molar-refractivity contribution in [3.63, 3.8) is 0 Å². The second kappa shape index (κ2) is 4.44. The fourth-order valence-corrected chi connectivity index (χ4v) is 6.31. The average molecular weight is 334 g/mol. The molecule has 0 radical (unpaired) electrons. The van der Waals surface area contributed by atoms with Crippen LogP contribution in [0.25, 0.3) is 5.69 Å². The van der Waals surface area contributed by atoms with Crippen molar-refractivity contribution in [1.29, 1.82) is 0 Å². The number of carbonyl (C=O) groups is 1. The van der Waals surface area contributed by atoms with Crippen molar-refractivity contribution in [3.05, 3.63) is 47.0 Å². The van der Waals surface area contributed by atoms with Crippen molar-refractivity contribution in [2.24, 2.45) is 10.8 Å². The molecule has 2 fully saturated rings. The maximum absolute atomic E-state index is 12.6. The second-order valence-electron chi connectivity index (χ2n) is 8.92. The van der Waals surface area contributed by atoms with Crippen LogP contribution < -0.4 is 0 Å². The van der Waals surface area contributed by atoms with Crippen LogP contribution in [-0.2, 0) is 16.6 Å². The fourth-order valence-electron chi connectivity index (χ4n) is 6.31. The van der Waals surface area contributed by atoms with E-state index < -0.39 is 0 Å². The van der Waals surface area contributed by atoms with Gasteiger partial charge >= 0.3 is 0 Å². The molecule has 3 aliphatic carbocycles. The van der Waals surface area contributed by atoms with Gasteiger partial charge in [-0.15, -0.1) is 0 Å². The molecule has 2 aromatic rings. The highest BCUT2D eigenvalue weighted by Crippen LogP contribution is 2.79. The molecule has 0 aliphatic heterocycles. The van der Waals surface area contributed by atoms with Gasteiger partial charge < -0.3 is 4.57 Å². The van der Waals surface area contributed by atoms with Crippen molar-refractivity contribution in [1.82, 2.24) is 9.55 Å². The minimum atomic E-state index is -0.0992. The monoisotopic (exact) mass is 334 g/mol. The molecule has 3 nitrogen and oxygen atoms in total. The highest BCUT2D eigenvalue weighted by molar-refractivity contribution is 5.91. The van der Waals surface area contributed by atoms with Gasteiger partial charge in [0.05, 0.1) is 5.69 Å². The molecule has 2 saturated carbocycles. The van der Waals surface area contributed by atoms with Crippen LogP contribution >= 0.6 is 0 Å². The lowest BCUT2D eigenvalue weighted by molar-refractivity contribution is -0.129. The first-order valence-electron chi connectivity index (χ1n) is 9.52. The zero-order chi connectivity index (χ0) is 17.6. The summed E-state index contributed by atoms with van der Waals surface area (Å²) in [6, 6.07) is 8.57. The molecule has 3 heteroatoms. The molecule has 25 heavy (non-hydrogen) atoms.